The minimum Gasteiger partial charge on any atom is -0.396 e. The summed E-state index contributed by atoms with van der Waals surface area (Å²) >= 11 is 0. The van der Waals surface area contributed by atoms with E-state index in [9.17, 15) is 4.79 Å². The largest absolute Gasteiger partial charge is 0.396 e. The van der Waals surface area contributed by atoms with Crippen molar-refractivity contribution >= 4 is 5.91 Å². The number of hydrogen-bond acceptors (Lipinski definition) is 2. The van der Waals surface area contributed by atoms with E-state index in [0.29, 0.717) is 12.8 Å². The van der Waals surface area contributed by atoms with Gasteiger partial charge in [0.2, 0.25) is 5.91 Å². The van der Waals surface area contributed by atoms with Crippen LogP contribution in [0.15, 0.2) is 24.3 Å². The van der Waals surface area contributed by atoms with Gasteiger partial charge in [-0.3, -0.25) is 4.79 Å². The second-order valence-electron chi connectivity index (χ2n) is 5.04. The monoisotopic (exact) mass is 249 g/mol. The first-order valence-corrected chi connectivity index (χ1v) is 6.47. The van der Waals surface area contributed by atoms with Crippen molar-refractivity contribution in [3.63, 3.8) is 0 Å². The molecule has 1 aromatic carbocycles. The minimum absolute atomic E-state index is 0.0158. The molecule has 18 heavy (non-hydrogen) atoms. The van der Waals surface area contributed by atoms with Crippen molar-refractivity contribution in [2.45, 2.75) is 45.6 Å². The lowest BCUT2D eigenvalue weighted by Crippen LogP contribution is -2.46. The molecule has 100 valence electrons. The lowest BCUT2D eigenvalue weighted by atomic mass is 9.94. The fraction of sp³-hybridized carbons (Fsp3) is 0.533. The van der Waals surface area contributed by atoms with Crippen LogP contribution in [0.5, 0.6) is 0 Å². The number of rotatable bonds is 6. The second-order valence-corrected chi connectivity index (χ2v) is 5.04. The Bertz CT molecular complexity index is 403. The Morgan fingerprint density at radius 1 is 1.39 bits per heavy atom. The summed E-state index contributed by atoms with van der Waals surface area (Å²) in [6, 6.07) is 7.90. The first-order valence-electron chi connectivity index (χ1n) is 6.47. The van der Waals surface area contributed by atoms with Crippen molar-refractivity contribution in [1.82, 2.24) is 5.32 Å². The topological polar surface area (TPSA) is 49.3 Å². The van der Waals surface area contributed by atoms with E-state index in [1.807, 2.05) is 45.0 Å². The van der Waals surface area contributed by atoms with Gasteiger partial charge >= 0.3 is 0 Å². The summed E-state index contributed by atoms with van der Waals surface area (Å²) in [4.78, 5) is 12.0. The highest BCUT2D eigenvalue weighted by atomic mass is 16.3. The van der Waals surface area contributed by atoms with Gasteiger partial charge in [-0.1, -0.05) is 31.2 Å². The average Bonchev–Trinajstić information content (AvgIpc) is 2.32. The van der Waals surface area contributed by atoms with Gasteiger partial charge in [0.1, 0.15) is 0 Å². The molecule has 0 aliphatic heterocycles. The third-order valence-corrected chi connectivity index (χ3v) is 3.50. The van der Waals surface area contributed by atoms with Crippen LogP contribution in [-0.4, -0.2) is 23.2 Å². The predicted octanol–water partition coefficient (Wildman–Crippen LogP) is 2.20. The van der Waals surface area contributed by atoms with E-state index in [1.165, 1.54) is 0 Å². The van der Waals surface area contributed by atoms with E-state index in [-0.39, 0.29) is 18.1 Å². The molecule has 1 amide bonds. The number of hydrogen-bond donors (Lipinski definition) is 2. The molecule has 3 nitrogen and oxygen atoms in total. The van der Waals surface area contributed by atoms with E-state index >= 15 is 0 Å². The fourth-order valence-corrected chi connectivity index (χ4v) is 1.94. The van der Waals surface area contributed by atoms with E-state index in [1.54, 1.807) is 0 Å². The molecule has 0 spiro atoms. The highest BCUT2D eigenvalue weighted by Gasteiger charge is 2.23. The summed E-state index contributed by atoms with van der Waals surface area (Å²) in [6.07, 6.45) is 1.80. The van der Waals surface area contributed by atoms with Crippen LogP contribution in [0.1, 0.15) is 37.8 Å². The summed E-state index contributed by atoms with van der Waals surface area (Å²) < 4.78 is 0. The van der Waals surface area contributed by atoms with E-state index < -0.39 is 0 Å². The molecule has 0 saturated heterocycles. The van der Waals surface area contributed by atoms with Crippen LogP contribution in [0.25, 0.3) is 0 Å². The zero-order chi connectivity index (χ0) is 13.6. The van der Waals surface area contributed by atoms with E-state index in [0.717, 1.165) is 17.5 Å². The Morgan fingerprint density at radius 2 is 2.06 bits per heavy atom. The summed E-state index contributed by atoms with van der Waals surface area (Å²) in [6.45, 7) is 6.09. The maximum Gasteiger partial charge on any atom is 0.224 e. The molecule has 0 fully saturated rings. The molecule has 0 saturated carbocycles. The summed E-state index contributed by atoms with van der Waals surface area (Å²) in [5.41, 5.74) is 1.87. The van der Waals surface area contributed by atoms with Crippen molar-refractivity contribution < 1.29 is 9.90 Å². The molecule has 3 heteroatoms. The zero-order valence-corrected chi connectivity index (χ0v) is 11.5. The van der Waals surface area contributed by atoms with Gasteiger partial charge in [-0.05, 0) is 37.8 Å². The smallest absolute Gasteiger partial charge is 0.224 e. The zero-order valence-electron chi connectivity index (χ0n) is 11.5. The number of benzene rings is 1. The van der Waals surface area contributed by atoms with Gasteiger partial charge in [0.15, 0.2) is 0 Å². The molecule has 0 bridgehead atoms. The van der Waals surface area contributed by atoms with Crippen LogP contribution in [0.3, 0.4) is 0 Å². The number of aryl methyl sites for hydroxylation is 1. The molecule has 1 rings (SSSR count). The van der Waals surface area contributed by atoms with Crippen molar-refractivity contribution in [2.24, 2.45) is 0 Å². The predicted molar refractivity (Wildman–Crippen MR) is 73.4 cm³/mol. The normalized spacial score (nSPS) is 14.0. The maximum atomic E-state index is 12.0. The molecule has 1 atom stereocenters. The van der Waals surface area contributed by atoms with Gasteiger partial charge in [-0.15, -0.1) is 0 Å². The lowest BCUT2D eigenvalue weighted by molar-refractivity contribution is -0.122. The highest BCUT2D eigenvalue weighted by molar-refractivity contribution is 5.79. The summed E-state index contributed by atoms with van der Waals surface area (Å²) in [7, 11) is 0. The standard InChI is InChI=1S/C15H23NO2/c1-4-15(3,9-10-17)16-14(18)11-13-8-6-5-7-12(13)2/h5-8,17H,4,9-11H2,1-3H3,(H,16,18). The molecule has 0 aliphatic carbocycles. The lowest BCUT2D eigenvalue weighted by Gasteiger charge is -2.29. The molecule has 0 aliphatic rings. The van der Waals surface area contributed by atoms with E-state index in [2.05, 4.69) is 5.32 Å². The summed E-state index contributed by atoms with van der Waals surface area (Å²) in [5.74, 6) is 0.0158. The second kappa shape index (κ2) is 6.55. The number of nitrogens with one attached hydrogen (secondary N) is 1. The van der Waals surface area contributed by atoms with Gasteiger partial charge in [0, 0.05) is 12.1 Å². The van der Waals surface area contributed by atoms with E-state index in [4.69, 9.17) is 5.11 Å². The van der Waals surface area contributed by atoms with Gasteiger partial charge in [-0.25, -0.2) is 0 Å². The Labute approximate surface area is 109 Å². The first-order chi connectivity index (χ1) is 8.50. The molecule has 1 aromatic rings. The van der Waals surface area contributed by atoms with Crippen LogP contribution in [-0.2, 0) is 11.2 Å². The number of carbonyl (C=O) groups is 1. The van der Waals surface area contributed by atoms with Crippen LogP contribution < -0.4 is 5.32 Å². The number of aliphatic hydroxyl groups is 1. The first kappa shape index (κ1) is 14.7. The van der Waals surface area contributed by atoms with Gasteiger partial charge in [-0.2, -0.15) is 0 Å². The minimum atomic E-state index is -0.311. The van der Waals surface area contributed by atoms with Crippen LogP contribution in [0, 0.1) is 6.92 Å². The molecule has 0 aromatic heterocycles. The molecule has 2 N–H and O–H groups in total. The average molecular weight is 249 g/mol. The Morgan fingerprint density at radius 3 is 2.61 bits per heavy atom. The highest BCUT2D eigenvalue weighted by Crippen LogP contribution is 2.15. The number of carbonyl (C=O) groups excluding carboxylic acids is 1. The molecule has 0 radical (unpaired) electrons. The molecular weight excluding hydrogens is 226 g/mol. The molecule has 1 unspecified atom stereocenters. The fourth-order valence-electron chi connectivity index (χ4n) is 1.94. The van der Waals surface area contributed by atoms with Crippen molar-refractivity contribution in [3.05, 3.63) is 35.4 Å². The van der Waals surface area contributed by atoms with Crippen molar-refractivity contribution in [3.8, 4) is 0 Å². The SMILES string of the molecule is CCC(C)(CCO)NC(=O)Cc1ccccc1C. The van der Waals surface area contributed by atoms with Gasteiger partial charge < -0.3 is 10.4 Å². The third kappa shape index (κ3) is 4.15. The third-order valence-electron chi connectivity index (χ3n) is 3.50. The Hall–Kier alpha value is -1.35. The Balaban J connectivity index is 2.64. The van der Waals surface area contributed by atoms with Gasteiger partial charge in [0.05, 0.1) is 6.42 Å². The van der Waals surface area contributed by atoms with Crippen molar-refractivity contribution in [1.29, 1.82) is 0 Å². The maximum absolute atomic E-state index is 12.0. The Kier molecular flexibility index (Phi) is 5.35. The number of amides is 1. The van der Waals surface area contributed by atoms with Crippen molar-refractivity contribution in [2.75, 3.05) is 6.61 Å². The van der Waals surface area contributed by atoms with Crippen LogP contribution in [0.2, 0.25) is 0 Å². The molecular formula is C15H23NO2. The molecule has 0 heterocycles. The summed E-state index contributed by atoms with van der Waals surface area (Å²) in [5, 5.41) is 12.0. The van der Waals surface area contributed by atoms with Crippen LogP contribution in [0.4, 0.5) is 0 Å². The number of aliphatic hydroxyl groups excluding tert-OH is 1. The van der Waals surface area contributed by atoms with Crippen LogP contribution >= 0.6 is 0 Å². The quantitative estimate of drug-likeness (QED) is 0.812. The van der Waals surface area contributed by atoms with Gasteiger partial charge in [0.25, 0.3) is 0 Å².